The molecule has 1 saturated heterocycles. The Morgan fingerprint density at radius 2 is 1.67 bits per heavy atom. The molecule has 1 aromatic rings. The highest BCUT2D eigenvalue weighted by atomic mass is 32.2. The zero-order valence-electron chi connectivity index (χ0n) is 14.9. The minimum Gasteiger partial charge on any atom is -0.370 e. The van der Waals surface area contributed by atoms with Crippen molar-refractivity contribution in [1.29, 1.82) is 0 Å². The van der Waals surface area contributed by atoms with Gasteiger partial charge in [0.25, 0.3) is 10.1 Å². The van der Waals surface area contributed by atoms with Crippen LogP contribution in [0.3, 0.4) is 0 Å². The van der Waals surface area contributed by atoms with Crippen LogP contribution in [-0.2, 0) is 19.0 Å². The van der Waals surface area contributed by atoms with E-state index in [2.05, 4.69) is 6.92 Å². The second kappa shape index (κ2) is 9.54. The van der Waals surface area contributed by atoms with Gasteiger partial charge in [0.15, 0.2) is 0 Å². The number of hydrogen-bond acceptors (Lipinski definition) is 4. The summed E-state index contributed by atoms with van der Waals surface area (Å²) in [5.41, 5.74) is 1.03. The lowest BCUT2D eigenvalue weighted by molar-refractivity contribution is 0.153. The lowest BCUT2D eigenvalue weighted by Gasteiger charge is -2.15. The van der Waals surface area contributed by atoms with Crippen LogP contribution in [-0.4, -0.2) is 27.2 Å². The molecular weight excluding hydrogens is 324 g/mol. The highest BCUT2D eigenvalue weighted by Gasteiger charge is 2.36. The fourth-order valence-electron chi connectivity index (χ4n) is 2.79. The number of hydrogen-bond donors (Lipinski definition) is 0. The van der Waals surface area contributed by atoms with E-state index in [1.807, 2.05) is 6.92 Å². The number of aryl methyl sites for hydroxylation is 1. The van der Waals surface area contributed by atoms with Crippen LogP contribution in [0.25, 0.3) is 0 Å². The van der Waals surface area contributed by atoms with Crippen molar-refractivity contribution in [2.24, 2.45) is 0 Å². The summed E-state index contributed by atoms with van der Waals surface area (Å²) in [4.78, 5) is 0.221. The molecule has 5 heteroatoms. The van der Waals surface area contributed by atoms with E-state index in [4.69, 9.17) is 8.92 Å². The van der Waals surface area contributed by atoms with Crippen molar-refractivity contribution in [1.82, 2.24) is 0 Å². The highest BCUT2D eigenvalue weighted by Crippen LogP contribution is 2.26. The van der Waals surface area contributed by atoms with Crippen LogP contribution in [0.5, 0.6) is 0 Å². The Labute approximate surface area is 146 Å². The Kier molecular flexibility index (Phi) is 7.72. The summed E-state index contributed by atoms with van der Waals surface area (Å²) in [5.74, 6) is 0. The van der Waals surface area contributed by atoms with Crippen LogP contribution in [0.1, 0.15) is 63.9 Å². The molecule has 1 heterocycles. The van der Waals surface area contributed by atoms with Gasteiger partial charge in [0, 0.05) is 0 Å². The number of epoxide rings is 1. The lowest BCUT2D eigenvalue weighted by Crippen LogP contribution is -2.24. The third kappa shape index (κ3) is 6.54. The molecule has 1 aliphatic rings. The number of unbranched alkanes of at least 4 members (excludes halogenated alkanes) is 6. The van der Waals surface area contributed by atoms with Gasteiger partial charge >= 0.3 is 0 Å². The second-order valence-electron chi connectivity index (χ2n) is 6.68. The van der Waals surface area contributed by atoms with Gasteiger partial charge in [-0.2, -0.15) is 8.42 Å². The zero-order valence-corrected chi connectivity index (χ0v) is 15.7. The molecule has 0 amide bonds. The third-order valence-electron chi connectivity index (χ3n) is 4.43. The fraction of sp³-hybridized carbons (Fsp3) is 0.684. The summed E-state index contributed by atoms with van der Waals surface area (Å²) in [6, 6.07) is 6.77. The highest BCUT2D eigenvalue weighted by molar-refractivity contribution is 7.86. The predicted molar refractivity (Wildman–Crippen MR) is 95.6 cm³/mol. The number of ether oxygens (including phenoxy) is 1. The van der Waals surface area contributed by atoms with Gasteiger partial charge in [0.2, 0.25) is 0 Å². The molecular formula is C19H30O4S. The van der Waals surface area contributed by atoms with Gasteiger partial charge in [-0.25, -0.2) is 0 Å². The minimum absolute atomic E-state index is 0.0645. The first kappa shape index (κ1) is 19.4. The Morgan fingerprint density at radius 3 is 2.25 bits per heavy atom. The van der Waals surface area contributed by atoms with Crippen molar-refractivity contribution in [2.75, 3.05) is 6.61 Å². The maximum absolute atomic E-state index is 12.4. The van der Waals surface area contributed by atoms with E-state index < -0.39 is 10.1 Å². The largest absolute Gasteiger partial charge is 0.370 e. The monoisotopic (exact) mass is 354 g/mol. The maximum atomic E-state index is 12.4. The summed E-state index contributed by atoms with van der Waals surface area (Å²) >= 11 is 0. The lowest BCUT2D eigenvalue weighted by atomic mass is 10.1. The van der Waals surface area contributed by atoms with E-state index in [-0.39, 0.29) is 17.1 Å². The molecule has 4 nitrogen and oxygen atoms in total. The molecule has 1 aromatic carbocycles. The summed E-state index contributed by atoms with van der Waals surface area (Å²) in [5, 5.41) is 0. The van der Waals surface area contributed by atoms with Crippen LogP contribution in [0.2, 0.25) is 0 Å². The predicted octanol–water partition coefficient (Wildman–Crippen LogP) is 4.61. The minimum atomic E-state index is -3.72. The summed E-state index contributed by atoms with van der Waals surface area (Å²) in [7, 11) is -3.72. The van der Waals surface area contributed by atoms with E-state index in [1.165, 1.54) is 32.1 Å². The smallest absolute Gasteiger partial charge is 0.297 e. The summed E-state index contributed by atoms with van der Waals surface area (Å²) < 4.78 is 35.6. The van der Waals surface area contributed by atoms with E-state index in [1.54, 1.807) is 24.3 Å². The Hall–Kier alpha value is -0.910. The van der Waals surface area contributed by atoms with Crippen LogP contribution in [0.4, 0.5) is 0 Å². The average molecular weight is 355 g/mol. The molecule has 0 aliphatic carbocycles. The topological polar surface area (TPSA) is 55.9 Å². The molecule has 1 fully saturated rings. The average Bonchev–Trinajstić information content (AvgIpc) is 3.38. The molecule has 0 radical (unpaired) electrons. The van der Waals surface area contributed by atoms with Crippen LogP contribution in [0, 0.1) is 6.92 Å². The molecule has 24 heavy (non-hydrogen) atoms. The molecule has 0 bridgehead atoms. The van der Waals surface area contributed by atoms with Crippen LogP contribution in [0.15, 0.2) is 29.2 Å². The first-order valence-corrected chi connectivity index (χ1v) is 10.6. The normalized spacial score (nSPS) is 18.5. The molecule has 0 saturated carbocycles. The van der Waals surface area contributed by atoms with Gasteiger partial charge < -0.3 is 4.74 Å². The van der Waals surface area contributed by atoms with E-state index >= 15 is 0 Å². The standard InChI is InChI=1S/C19H30O4S/c1-3-4-5-6-7-8-9-10-18(19-15-22-19)23-24(20,21)17-13-11-16(2)12-14-17/h11-14,18-19H,3-10,15H2,1-2H3/t18-,19-/m1/s1. The second-order valence-corrected chi connectivity index (χ2v) is 8.26. The van der Waals surface area contributed by atoms with Gasteiger partial charge in [-0.05, 0) is 25.5 Å². The third-order valence-corrected chi connectivity index (χ3v) is 5.78. The number of benzene rings is 1. The first-order chi connectivity index (χ1) is 11.5. The van der Waals surface area contributed by atoms with Gasteiger partial charge in [-0.3, -0.25) is 4.18 Å². The maximum Gasteiger partial charge on any atom is 0.297 e. The van der Waals surface area contributed by atoms with Crippen LogP contribution >= 0.6 is 0 Å². The van der Waals surface area contributed by atoms with Crippen molar-refractivity contribution >= 4 is 10.1 Å². The van der Waals surface area contributed by atoms with E-state index in [0.29, 0.717) is 6.61 Å². The Balaban J connectivity index is 1.79. The van der Waals surface area contributed by atoms with Crippen molar-refractivity contribution < 1.29 is 17.3 Å². The summed E-state index contributed by atoms with van der Waals surface area (Å²) in [6.45, 7) is 4.75. The summed E-state index contributed by atoms with van der Waals surface area (Å²) in [6.07, 6.45) is 8.76. The molecule has 136 valence electrons. The van der Waals surface area contributed by atoms with Crippen molar-refractivity contribution in [3.8, 4) is 0 Å². The van der Waals surface area contributed by atoms with Gasteiger partial charge in [0.1, 0.15) is 12.2 Å². The molecule has 1 aliphatic heterocycles. The van der Waals surface area contributed by atoms with Crippen molar-refractivity contribution in [3.05, 3.63) is 29.8 Å². The quantitative estimate of drug-likeness (QED) is 0.312. The van der Waals surface area contributed by atoms with Crippen LogP contribution < -0.4 is 0 Å². The SMILES string of the molecule is CCCCCCCCC[C@@H](OS(=O)(=O)c1ccc(C)cc1)[C@H]1CO1. The van der Waals surface area contributed by atoms with Crippen molar-refractivity contribution in [3.63, 3.8) is 0 Å². The Bertz CT molecular complexity index is 576. The van der Waals surface area contributed by atoms with Gasteiger partial charge in [-0.1, -0.05) is 69.6 Å². The van der Waals surface area contributed by atoms with Gasteiger partial charge in [0.05, 0.1) is 11.5 Å². The fourth-order valence-corrected chi connectivity index (χ4v) is 3.92. The first-order valence-electron chi connectivity index (χ1n) is 9.14. The molecule has 2 atom stereocenters. The molecule has 0 aromatic heterocycles. The number of rotatable bonds is 12. The van der Waals surface area contributed by atoms with E-state index in [0.717, 1.165) is 24.8 Å². The van der Waals surface area contributed by atoms with E-state index in [9.17, 15) is 8.42 Å². The molecule has 0 unspecified atom stereocenters. The molecule has 0 spiro atoms. The Morgan fingerprint density at radius 1 is 1.08 bits per heavy atom. The molecule has 2 rings (SSSR count). The van der Waals surface area contributed by atoms with Crippen molar-refractivity contribution in [2.45, 2.75) is 82.3 Å². The zero-order chi connectivity index (χ0) is 17.4. The van der Waals surface area contributed by atoms with Gasteiger partial charge in [-0.15, -0.1) is 0 Å². The molecule has 0 N–H and O–H groups in total.